The molecule has 0 saturated carbocycles. The molecule has 1 aliphatic heterocycles. The van der Waals surface area contributed by atoms with Crippen molar-refractivity contribution < 1.29 is 0 Å². The van der Waals surface area contributed by atoms with Crippen LogP contribution in [0.5, 0.6) is 0 Å². The van der Waals surface area contributed by atoms with Gasteiger partial charge in [-0.1, -0.05) is 141 Å². The van der Waals surface area contributed by atoms with Crippen LogP contribution in [0.4, 0.5) is 17.1 Å². The van der Waals surface area contributed by atoms with E-state index in [4.69, 9.17) is 6.58 Å². The van der Waals surface area contributed by atoms with Crippen LogP contribution < -0.4 is 9.80 Å². The zero-order valence-corrected chi connectivity index (χ0v) is 33.9. The van der Waals surface area contributed by atoms with E-state index >= 15 is 0 Å². The van der Waals surface area contributed by atoms with Crippen molar-refractivity contribution in [2.75, 3.05) is 16.3 Å². The van der Waals surface area contributed by atoms with E-state index in [1.165, 1.54) is 61.6 Å². The van der Waals surface area contributed by atoms with Gasteiger partial charge in [-0.2, -0.15) is 0 Å². The Kier molecular flexibility index (Phi) is 13.8. The molecule has 2 nitrogen and oxygen atoms in total. The van der Waals surface area contributed by atoms with Crippen LogP contribution in [0.3, 0.4) is 0 Å². The minimum atomic E-state index is 0.741. The number of hydrogen-bond acceptors (Lipinski definition) is 2. The lowest BCUT2D eigenvalue weighted by Gasteiger charge is -2.30. The number of fused-ring (bicyclic) bond motifs is 1. The summed E-state index contributed by atoms with van der Waals surface area (Å²) in [6.45, 7) is 16.2. The van der Waals surface area contributed by atoms with Gasteiger partial charge in [-0.05, 0) is 140 Å². The van der Waals surface area contributed by atoms with Gasteiger partial charge in [0.05, 0.1) is 0 Å². The summed E-state index contributed by atoms with van der Waals surface area (Å²) >= 11 is 0. The molecule has 0 unspecified atom stereocenters. The third kappa shape index (κ3) is 9.21. The second-order valence-corrected chi connectivity index (χ2v) is 14.2. The molecule has 0 atom stereocenters. The highest BCUT2D eigenvalue weighted by atomic mass is 15.1. The van der Waals surface area contributed by atoms with E-state index in [0.717, 1.165) is 49.2 Å². The van der Waals surface area contributed by atoms with Crippen molar-refractivity contribution in [3.8, 4) is 0 Å². The van der Waals surface area contributed by atoms with Crippen molar-refractivity contribution >= 4 is 40.4 Å². The van der Waals surface area contributed by atoms with Gasteiger partial charge < -0.3 is 9.80 Å². The number of para-hydroxylation sites is 1. The fourth-order valence-electron chi connectivity index (χ4n) is 7.73. The summed E-state index contributed by atoms with van der Waals surface area (Å²) in [7, 11) is 0. The summed E-state index contributed by atoms with van der Waals surface area (Å²) in [6.07, 6.45) is 37.6. The Morgan fingerprint density at radius 2 is 1.50 bits per heavy atom. The minimum Gasteiger partial charge on any atom is -0.337 e. The van der Waals surface area contributed by atoms with Crippen LogP contribution in [0, 0.1) is 6.92 Å². The van der Waals surface area contributed by atoms with Gasteiger partial charge in [-0.25, -0.2) is 0 Å². The molecule has 56 heavy (non-hydrogen) atoms. The Hall–Kier alpha value is -6.12. The number of benzene rings is 2. The average Bonchev–Trinajstić information content (AvgIpc) is 3.45. The van der Waals surface area contributed by atoms with Gasteiger partial charge in [-0.3, -0.25) is 0 Å². The van der Waals surface area contributed by atoms with E-state index in [1.807, 2.05) is 0 Å². The molecular weight excluding hydrogens is 677 g/mol. The van der Waals surface area contributed by atoms with Crippen LogP contribution in [0.1, 0.15) is 81.2 Å². The summed E-state index contributed by atoms with van der Waals surface area (Å²) in [5.41, 5.74) is 16.5. The molecule has 0 saturated heterocycles. The number of hydrogen-bond donors (Lipinski definition) is 0. The summed E-state index contributed by atoms with van der Waals surface area (Å²) in [4.78, 5) is 4.86. The van der Waals surface area contributed by atoms with Crippen molar-refractivity contribution in [1.82, 2.24) is 0 Å². The molecule has 282 valence electrons. The van der Waals surface area contributed by atoms with Crippen LogP contribution in [-0.4, -0.2) is 6.54 Å². The minimum absolute atomic E-state index is 0.741. The first-order valence-electron chi connectivity index (χ1n) is 20.1. The summed E-state index contributed by atoms with van der Waals surface area (Å²) < 4.78 is 0. The first kappa shape index (κ1) is 39.6. The van der Waals surface area contributed by atoms with Gasteiger partial charge in [0.15, 0.2) is 0 Å². The first-order chi connectivity index (χ1) is 27.5. The highest BCUT2D eigenvalue weighted by molar-refractivity contribution is 5.94. The smallest absolute Gasteiger partial charge is 0.0499 e. The van der Waals surface area contributed by atoms with Gasteiger partial charge in [0.1, 0.15) is 0 Å². The zero-order chi connectivity index (χ0) is 39.3. The number of rotatable bonds is 9. The normalized spacial score (nSPS) is 17.8. The van der Waals surface area contributed by atoms with Crippen molar-refractivity contribution in [2.24, 2.45) is 0 Å². The highest BCUT2D eigenvalue weighted by Gasteiger charge is 2.22. The van der Waals surface area contributed by atoms with E-state index in [-0.39, 0.29) is 0 Å². The Morgan fingerprint density at radius 3 is 2.23 bits per heavy atom. The molecule has 0 amide bonds. The Bertz CT molecular complexity index is 2290. The molecule has 0 fully saturated rings. The molecule has 3 aromatic carbocycles. The maximum Gasteiger partial charge on any atom is 0.0499 e. The summed E-state index contributed by atoms with van der Waals surface area (Å²) in [5.74, 6) is 0. The fraction of sp³-hybridized carbons (Fsp3) is 0.185. The number of nitrogens with zero attached hydrogens (tertiary/aromatic N) is 2. The molecule has 0 N–H and O–H groups in total. The van der Waals surface area contributed by atoms with E-state index in [0.29, 0.717) is 0 Å². The van der Waals surface area contributed by atoms with E-state index in [1.54, 1.807) is 0 Å². The molecule has 0 radical (unpaired) electrons. The predicted octanol–water partition coefficient (Wildman–Crippen LogP) is 15.2. The van der Waals surface area contributed by atoms with Gasteiger partial charge in [0.2, 0.25) is 0 Å². The van der Waals surface area contributed by atoms with Gasteiger partial charge in [0, 0.05) is 47.0 Å². The molecule has 0 bridgehead atoms. The fourth-order valence-corrected chi connectivity index (χ4v) is 7.73. The average molecular weight is 733 g/mol. The van der Waals surface area contributed by atoms with Gasteiger partial charge in [-0.15, -0.1) is 0 Å². The largest absolute Gasteiger partial charge is 0.337 e. The monoisotopic (exact) mass is 732 g/mol. The zero-order valence-electron chi connectivity index (χ0n) is 33.9. The van der Waals surface area contributed by atoms with Crippen LogP contribution in [-0.2, 0) is 0 Å². The van der Waals surface area contributed by atoms with Gasteiger partial charge in [0.25, 0.3) is 0 Å². The second kappa shape index (κ2) is 19.5. The molecule has 2 heteroatoms. The third-order valence-electron chi connectivity index (χ3n) is 10.4. The van der Waals surface area contributed by atoms with Crippen LogP contribution in [0.25, 0.3) is 23.3 Å². The van der Waals surface area contributed by atoms with E-state index < -0.39 is 0 Å². The summed E-state index contributed by atoms with van der Waals surface area (Å²) in [5, 5.41) is 0. The van der Waals surface area contributed by atoms with Crippen LogP contribution in [0.15, 0.2) is 193 Å². The molecular formula is C54H56N2. The highest BCUT2D eigenvalue weighted by Crippen LogP contribution is 2.41. The number of allylic oxidation sites excluding steroid dienone is 16. The molecule has 1 heterocycles. The molecule has 0 aromatic heterocycles. The maximum atomic E-state index is 4.76. The number of aryl methyl sites for hydroxylation is 1. The van der Waals surface area contributed by atoms with E-state index in [2.05, 4.69) is 220 Å². The van der Waals surface area contributed by atoms with Crippen molar-refractivity contribution in [2.45, 2.75) is 60.3 Å². The Balaban J connectivity index is 1.47. The first-order valence-corrected chi connectivity index (χ1v) is 20.1. The quantitative estimate of drug-likeness (QED) is 0.216. The lowest BCUT2D eigenvalue weighted by atomic mass is 9.90. The lowest BCUT2D eigenvalue weighted by Crippen LogP contribution is -2.24. The topological polar surface area (TPSA) is 6.48 Å². The third-order valence-corrected chi connectivity index (χ3v) is 10.4. The predicted molar refractivity (Wildman–Crippen MR) is 247 cm³/mol. The van der Waals surface area contributed by atoms with E-state index in [9.17, 15) is 0 Å². The maximum absolute atomic E-state index is 4.76. The molecule has 2 aliphatic carbocycles. The molecule has 3 aromatic rings. The van der Waals surface area contributed by atoms with Crippen molar-refractivity contribution in [1.29, 1.82) is 0 Å². The summed E-state index contributed by atoms with van der Waals surface area (Å²) in [6, 6.07) is 30.6. The second-order valence-electron chi connectivity index (χ2n) is 14.2. The standard InChI is InChI=1S/C54H56N2/c1-7-21-44-24-17-18-30-49(36-34-41(5)51(44)23-9-3)56(48-28-15-12-16-29-48)50-31-19-25-45(35-37-50)52-32-20-33-53-54(52)42(6)40-46(22-8-2)43(10-4)38-39-55(53)47-26-13-11-14-27-47/h7-9,12-13,15-36,38,40H,6,10-11,14,37,39H2,1-5H3/b18-17?,21-7-,22-8-,23-9-,24-17?,30-18?,36-34?,41-34?,43-38-,44-24?,46-40-,49-30?,49-36?,51-41?,51-44?. The van der Waals surface area contributed by atoms with Crippen LogP contribution >= 0.6 is 0 Å². The Morgan fingerprint density at radius 1 is 0.750 bits per heavy atom. The van der Waals surface area contributed by atoms with Crippen molar-refractivity contribution in [3.05, 3.63) is 221 Å². The number of anilines is 3. The van der Waals surface area contributed by atoms with Gasteiger partial charge >= 0.3 is 0 Å². The van der Waals surface area contributed by atoms with Crippen LogP contribution in [0.2, 0.25) is 0 Å². The molecule has 0 spiro atoms. The molecule has 3 aliphatic rings. The Labute approximate surface area is 336 Å². The van der Waals surface area contributed by atoms with Crippen molar-refractivity contribution in [3.63, 3.8) is 0 Å². The molecule has 6 rings (SSSR count). The SMILES string of the molecule is C=C1/C=C(/C=C\C)C(\CC)=C/CN(C2=CCCC=C2)c2cccc(C3=CCC(N(c4ccccc4)c4ccccc(/C=C\C)c(/C=C\C)c(C)cc4)=CC=C3)c21. The lowest BCUT2D eigenvalue weighted by molar-refractivity contribution is 0.950.